The minimum atomic E-state index is -0.995. The van der Waals surface area contributed by atoms with Crippen LogP contribution < -0.4 is 5.32 Å². The summed E-state index contributed by atoms with van der Waals surface area (Å²) in [5, 5.41) is 11.2. The van der Waals surface area contributed by atoms with E-state index < -0.39 is 12.0 Å². The van der Waals surface area contributed by atoms with Gasteiger partial charge in [-0.1, -0.05) is 13.8 Å². The van der Waals surface area contributed by atoms with Gasteiger partial charge in [-0.05, 0) is 12.3 Å². The molecule has 15 heavy (non-hydrogen) atoms. The Morgan fingerprint density at radius 1 is 1.47 bits per heavy atom. The number of carboxylic acids is 1. The smallest absolute Gasteiger partial charge is 0.326 e. The van der Waals surface area contributed by atoms with Crippen LogP contribution in [-0.4, -0.2) is 36.7 Å². The van der Waals surface area contributed by atoms with E-state index in [-0.39, 0.29) is 18.2 Å². The average molecular weight is 217 g/mol. The Morgan fingerprint density at radius 3 is 2.47 bits per heavy atom. The van der Waals surface area contributed by atoms with Gasteiger partial charge in [-0.15, -0.1) is 0 Å². The van der Waals surface area contributed by atoms with Crippen molar-refractivity contribution in [3.05, 3.63) is 0 Å². The molecule has 0 aliphatic rings. The highest BCUT2D eigenvalue weighted by Gasteiger charge is 2.18. The molecule has 5 nitrogen and oxygen atoms in total. The van der Waals surface area contributed by atoms with Gasteiger partial charge in [0.05, 0.1) is 0 Å². The molecule has 88 valence electrons. The van der Waals surface area contributed by atoms with Crippen LogP contribution in [0.3, 0.4) is 0 Å². The third-order valence-electron chi connectivity index (χ3n) is 2.03. The van der Waals surface area contributed by atoms with Crippen molar-refractivity contribution in [3.63, 3.8) is 0 Å². The van der Waals surface area contributed by atoms with E-state index in [9.17, 15) is 9.59 Å². The Bertz CT molecular complexity index is 217. The first kappa shape index (κ1) is 13.9. The summed E-state index contributed by atoms with van der Waals surface area (Å²) in [6.07, 6.45) is 0.678. The summed E-state index contributed by atoms with van der Waals surface area (Å²) >= 11 is 0. The fraction of sp³-hybridized carbons (Fsp3) is 0.800. The Balaban J connectivity index is 3.96. The predicted molar refractivity (Wildman–Crippen MR) is 55.5 cm³/mol. The Kier molecular flexibility index (Phi) is 6.70. The maximum absolute atomic E-state index is 11.4. The Hall–Kier alpha value is -1.10. The molecule has 0 aliphatic carbocycles. The molecular formula is C10H19NO4. The molecule has 0 bridgehead atoms. The van der Waals surface area contributed by atoms with Gasteiger partial charge >= 0.3 is 5.97 Å². The van der Waals surface area contributed by atoms with Crippen molar-refractivity contribution in [2.45, 2.75) is 32.7 Å². The van der Waals surface area contributed by atoms with Gasteiger partial charge in [-0.3, -0.25) is 4.79 Å². The van der Waals surface area contributed by atoms with E-state index >= 15 is 0 Å². The molecule has 0 aliphatic heterocycles. The number of carbonyl (C=O) groups is 2. The molecule has 2 N–H and O–H groups in total. The van der Waals surface area contributed by atoms with E-state index in [0.29, 0.717) is 13.0 Å². The van der Waals surface area contributed by atoms with Gasteiger partial charge in [0, 0.05) is 20.1 Å². The highest BCUT2D eigenvalue weighted by atomic mass is 16.5. The minimum Gasteiger partial charge on any atom is -0.480 e. The van der Waals surface area contributed by atoms with Crippen LogP contribution in [0.2, 0.25) is 0 Å². The highest BCUT2D eigenvalue weighted by Crippen LogP contribution is 2.02. The van der Waals surface area contributed by atoms with Gasteiger partial charge in [0.1, 0.15) is 6.04 Å². The lowest BCUT2D eigenvalue weighted by Crippen LogP contribution is -2.40. The molecule has 0 rings (SSSR count). The highest BCUT2D eigenvalue weighted by molar-refractivity contribution is 5.83. The first-order valence-corrected chi connectivity index (χ1v) is 5.02. The van der Waals surface area contributed by atoms with Gasteiger partial charge < -0.3 is 15.2 Å². The molecule has 0 aromatic heterocycles. The number of carbonyl (C=O) groups excluding carboxylic acids is 1. The van der Waals surface area contributed by atoms with Crippen molar-refractivity contribution in [3.8, 4) is 0 Å². The molecule has 1 amide bonds. The second kappa shape index (κ2) is 7.23. The number of hydrogen-bond donors (Lipinski definition) is 2. The molecule has 2 unspecified atom stereocenters. The number of methoxy groups -OCH3 is 1. The van der Waals surface area contributed by atoms with Crippen LogP contribution in [0.1, 0.15) is 26.7 Å². The van der Waals surface area contributed by atoms with Crippen LogP contribution in [0.15, 0.2) is 0 Å². The van der Waals surface area contributed by atoms with Crippen LogP contribution in [0.5, 0.6) is 0 Å². The standard InChI is InChI=1S/C10H19NO4/c1-4-8(10(13)14)11-9(12)5-7(2)6-15-3/h7-8H,4-6H2,1-3H3,(H,11,12)(H,13,14). The summed E-state index contributed by atoms with van der Waals surface area (Å²) in [6, 6.07) is -0.785. The van der Waals surface area contributed by atoms with Gasteiger partial charge in [0.25, 0.3) is 0 Å². The molecule has 2 atom stereocenters. The number of nitrogens with one attached hydrogen (secondary N) is 1. The Labute approximate surface area is 89.8 Å². The molecule has 0 saturated carbocycles. The number of aliphatic carboxylic acids is 1. The van der Waals surface area contributed by atoms with Crippen molar-refractivity contribution < 1.29 is 19.4 Å². The van der Waals surface area contributed by atoms with Crippen LogP contribution >= 0.6 is 0 Å². The third kappa shape index (κ3) is 6.06. The lowest BCUT2D eigenvalue weighted by Gasteiger charge is -2.14. The minimum absolute atomic E-state index is 0.0984. The number of ether oxygens (including phenoxy) is 1. The lowest BCUT2D eigenvalue weighted by atomic mass is 10.1. The fourth-order valence-electron chi connectivity index (χ4n) is 1.25. The maximum Gasteiger partial charge on any atom is 0.326 e. The zero-order chi connectivity index (χ0) is 11.8. The van der Waals surface area contributed by atoms with E-state index in [4.69, 9.17) is 9.84 Å². The van der Waals surface area contributed by atoms with Gasteiger partial charge in [-0.25, -0.2) is 4.79 Å². The molecule has 0 saturated heterocycles. The Morgan fingerprint density at radius 2 is 2.07 bits per heavy atom. The maximum atomic E-state index is 11.4. The third-order valence-corrected chi connectivity index (χ3v) is 2.03. The summed E-state index contributed by atoms with van der Waals surface area (Å²) in [5.41, 5.74) is 0. The van der Waals surface area contributed by atoms with Crippen LogP contribution in [0.25, 0.3) is 0 Å². The van der Waals surface area contributed by atoms with Crippen LogP contribution in [0, 0.1) is 5.92 Å². The zero-order valence-corrected chi connectivity index (χ0v) is 9.45. The molecule has 0 aromatic rings. The fourth-order valence-corrected chi connectivity index (χ4v) is 1.25. The monoisotopic (exact) mass is 217 g/mol. The number of amides is 1. The lowest BCUT2D eigenvalue weighted by molar-refractivity contribution is -0.142. The predicted octanol–water partition coefficient (Wildman–Crippen LogP) is 0.638. The van der Waals surface area contributed by atoms with E-state index in [1.807, 2.05) is 6.92 Å². The molecule has 0 spiro atoms. The first-order chi connectivity index (χ1) is 7.01. The first-order valence-electron chi connectivity index (χ1n) is 5.02. The largest absolute Gasteiger partial charge is 0.480 e. The van der Waals surface area contributed by atoms with Crippen molar-refractivity contribution in [2.24, 2.45) is 5.92 Å². The van der Waals surface area contributed by atoms with E-state index in [2.05, 4.69) is 5.32 Å². The average Bonchev–Trinajstić information content (AvgIpc) is 2.13. The van der Waals surface area contributed by atoms with Crippen molar-refractivity contribution in [2.75, 3.05) is 13.7 Å². The van der Waals surface area contributed by atoms with E-state index in [1.165, 1.54) is 0 Å². The molecule has 0 fully saturated rings. The van der Waals surface area contributed by atoms with Crippen LogP contribution in [-0.2, 0) is 14.3 Å². The number of carboxylic acid groups (broad SMARTS) is 1. The van der Waals surface area contributed by atoms with Crippen molar-refractivity contribution in [1.29, 1.82) is 0 Å². The second-order valence-corrected chi connectivity index (χ2v) is 3.63. The van der Waals surface area contributed by atoms with Gasteiger partial charge in [-0.2, -0.15) is 0 Å². The molecule has 0 heterocycles. The van der Waals surface area contributed by atoms with E-state index in [0.717, 1.165) is 0 Å². The van der Waals surface area contributed by atoms with Gasteiger partial charge in [0.15, 0.2) is 0 Å². The van der Waals surface area contributed by atoms with Gasteiger partial charge in [0.2, 0.25) is 5.91 Å². The SMILES string of the molecule is CCC(NC(=O)CC(C)COC)C(=O)O. The summed E-state index contributed by atoms with van der Waals surface area (Å²) in [6.45, 7) is 4.10. The number of rotatable bonds is 7. The van der Waals surface area contributed by atoms with E-state index in [1.54, 1.807) is 14.0 Å². The summed E-state index contributed by atoms with van der Waals surface area (Å²) in [7, 11) is 1.57. The molecule has 0 radical (unpaired) electrons. The molecule has 5 heteroatoms. The van der Waals surface area contributed by atoms with Crippen LogP contribution in [0.4, 0.5) is 0 Å². The molecule has 0 aromatic carbocycles. The summed E-state index contributed by atoms with van der Waals surface area (Å²) < 4.78 is 4.89. The molecular weight excluding hydrogens is 198 g/mol. The quantitative estimate of drug-likeness (QED) is 0.656. The zero-order valence-electron chi connectivity index (χ0n) is 9.45. The normalized spacial score (nSPS) is 14.3. The van der Waals surface area contributed by atoms with Crippen molar-refractivity contribution in [1.82, 2.24) is 5.32 Å². The second-order valence-electron chi connectivity index (χ2n) is 3.63. The van der Waals surface area contributed by atoms with Crippen molar-refractivity contribution >= 4 is 11.9 Å². The summed E-state index contributed by atoms with van der Waals surface area (Å²) in [4.78, 5) is 22.0. The number of hydrogen-bond acceptors (Lipinski definition) is 3. The topological polar surface area (TPSA) is 75.6 Å². The summed E-state index contributed by atoms with van der Waals surface area (Å²) in [5.74, 6) is -1.14.